The lowest BCUT2D eigenvalue weighted by Gasteiger charge is -2.07. The summed E-state index contributed by atoms with van der Waals surface area (Å²) in [6.07, 6.45) is 9.29. The predicted octanol–water partition coefficient (Wildman–Crippen LogP) is 3.94. The van der Waals surface area contributed by atoms with Crippen molar-refractivity contribution in [1.82, 2.24) is 0 Å². The fourth-order valence-electron chi connectivity index (χ4n) is 1.60. The van der Waals surface area contributed by atoms with Gasteiger partial charge >= 0.3 is 5.97 Å². The quantitative estimate of drug-likeness (QED) is 0.429. The van der Waals surface area contributed by atoms with Crippen molar-refractivity contribution < 1.29 is 9.53 Å². The smallest absolute Gasteiger partial charge is 0.305 e. The zero-order valence-electron chi connectivity index (χ0n) is 10.6. The molecule has 0 aliphatic carbocycles. The SMILES string of the molecule is CC[C@@H](C)CCCCCCCC(=O)OC. The van der Waals surface area contributed by atoms with Gasteiger partial charge in [0.05, 0.1) is 7.11 Å². The van der Waals surface area contributed by atoms with Gasteiger partial charge in [0.2, 0.25) is 0 Å². The lowest BCUT2D eigenvalue weighted by molar-refractivity contribution is -0.140. The minimum atomic E-state index is -0.0744. The molecule has 0 saturated heterocycles. The lowest BCUT2D eigenvalue weighted by atomic mass is 10.00. The topological polar surface area (TPSA) is 26.3 Å². The highest BCUT2D eigenvalue weighted by Gasteiger charge is 2.00. The Morgan fingerprint density at radius 3 is 2.33 bits per heavy atom. The van der Waals surface area contributed by atoms with Gasteiger partial charge in [-0.25, -0.2) is 0 Å². The molecule has 0 unspecified atom stereocenters. The molecule has 90 valence electrons. The first-order chi connectivity index (χ1) is 7.20. The second-order valence-corrected chi connectivity index (χ2v) is 4.40. The van der Waals surface area contributed by atoms with Crippen LogP contribution < -0.4 is 0 Å². The van der Waals surface area contributed by atoms with Crippen LogP contribution in [0.25, 0.3) is 0 Å². The van der Waals surface area contributed by atoms with Crippen molar-refractivity contribution in [2.24, 2.45) is 5.92 Å². The molecule has 15 heavy (non-hydrogen) atoms. The number of carbonyl (C=O) groups excluding carboxylic acids is 1. The van der Waals surface area contributed by atoms with Gasteiger partial charge in [0, 0.05) is 6.42 Å². The third kappa shape index (κ3) is 9.77. The Hall–Kier alpha value is -0.530. The van der Waals surface area contributed by atoms with Crippen LogP contribution >= 0.6 is 0 Å². The summed E-state index contributed by atoms with van der Waals surface area (Å²) in [5, 5.41) is 0. The van der Waals surface area contributed by atoms with Crippen LogP contribution in [0.1, 0.15) is 65.2 Å². The molecule has 0 saturated carbocycles. The fourth-order valence-corrected chi connectivity index (χ4v) is 1.60. The number of ether oxygens (including phenoxy) is 1. The first kappa shape index (κ1) is 14.5. The van der Waals surface area contributed by atoms with Crippen LogP contribution in [-0.4, -0.2) is 13.1 Å². The molecule has 0 spiro atoms. The number of hydrogen-bond donors (Lipinski definition) is 0. The van der Waals surface area contributed by atoms with Crippen molar-refractivity contribution in [3.8, 4) is 0 Å². The van der Waals surface area contributed by atoms with E-state index in [1.807, 2.05) is 0 Å². The van der Waals surface area contributed by atoms with Crippen molar-refractivity contribution in [2.45, 2.75) is 65.2 Å². The zero-order valence-corrected chi connectivity index (χ0v) is 10.6. The Morgan fingerprint density at radius 1 is 1.13 bits per heavy atom. The van der Waals surface area contributed by atoms with Gasteiger partial charge in [0.1, 0.15) is 0 Å². The summed E-state index contributed by atoms with van der Waals surface area (Å²) in [7, 11) is 1.45. The van der Waals surface area contributed by atoms with Crippen LogP contribution in [-0.2, 0) is 9.53 Å². The highest BCUT2D eigenvalue weighted by atomic mass is 16.5. The van der Waals surface area contributed by atoms with Crippen molar-refractivity contribution in [3.05, 3.63) is 0 Å². The summed E-state index contributed by atoms with van der Waals surface area (Å²) >= 11 is 0. The summed E-state index contributed by atoms with van der Waals surface area (Å²) in [6.45, 7) is 4.57. The molecule has 0 heterocycles. The van der Waals surface area contributed by atoms with Crippen LogP contribution in [0, 0.1) is 5.92 Å². The van der Waals surface area contributed by atoms with Crippen LogP contribution in [0.15, 0.2) is 0 Å². The molecule has 0 rings (SSSR count). The van der Waals surface area contributed by atoms with Gasteiger partial charge in [-0.15, -0.1) is 0 Å². The molecule has 0 aliphatic heterocycles. The van der Waals surface area contributed by atoms with E-state index < -0.39 is 0 Å². The van der Waals surface area contributed by atoms with Crippen LogP contribution in [0.5, 0.6) is 0 Å². The van der Waals surface area contributed by atoms with E-state index in [0.717, 1.165) is 18.8 Å². The number of methoxy groups -OCH3 is 1. The summed E-state index contributed by atoms with van der Waals surface area (Å²) in [4.78, 5) is 10.8. The van der Waals surface area contributed by atoms with Gasteiger partial charge < -0.3 is 4.74 Å². The first-order valence-electron chi connectivity index (χ1n) is 6.27. The summed E-state index contributed by atoms with van der Waals surface area (Å²) in [6, 6.07) is 0. The van der Waals surface area contributed by atoms with E-state index in [-0.39, 0.29) is 5.97 Å². The maximum Gasteiger partial charge on any atom is 0.305 e. The zero-order chi connectivity index (χ0) is 11.5. The number of carbonyl (C=O) groups is 1. The van der Waals surface area contributed by atoms with Gasteiger partial charge in [-0.05, 0) is 12.3 Å². The molecule has 0 bridgehead atoms. The maximum atomic E-state index is 10.8. The standard InChI is InChI=1S/C13H26O2/c1-4-12(2)10-8-6-5-7-9-11-13(14)15-3/h12H,4-11H2,1-3H3/t12-/m1/s1. The first-order valence-corrected chi connectivity index (χ1v) is 6.27. The molecular weight excluding hydrogens is 188 g/mol. The largest absolute Gasteiger partial charge is 0.469 e. The normalized spacial score (nSPS) is 12.5. The average Bonchev–Trinajstić information content (AvgIpc) is 2.26. The number of unbranched alkanes of at least 4 members (excludes halogenated alkanes) is 4. The Labute approximate surface area is 94.4 Å². The molecule has 0 aromatic rings. The predicted molar refractivity (Wildman–Crippen MR) is 63.8 cm³/mol. The Bertz CT molecular complexity index is 155. The highest BCUT2D eigenvalue weighted by molar-refractivity contribution is 5.68. The van der Waals surface area contributed by atoms with Crippen LogP contribution in [0.3, 0.4) is 0 Å². The fraction of sp³-hybridized carbons (Fsp3) is 0.923. The minimum absolute atomic E-state index is 0.0744. The van der Waals surface area contributed by atoms with Crippen molar-refractivity contribution in [3.63, 3.8) is 0 Å². The third-order valence-electron chi connectivity index (χ3n) is 3.00. The van der Waals surface area contributed by atoms with E-state index in [1.165, 1.54) is 39.2 Å². The van der Waals surface area contributed by atoms with E-state index in [1.54, 1.807) is 0 Å². The van der Waals surface area contributed by atoms with E-state index in [0.29, 0.717) is 6.42 Å². The maximum absolute atomic E-state index is 10.8. The number of hydrogen-bond acceptors (Lipinski definition) is 2. The molecule has 1 atom stereocenters. The lowest BCUT2D eigenvalue weighted by Crippen LogP contribution is -1.99. The Morgan fingerprint density at radius 2 is 1.73 bits per heavy atom. The van der Waals surface area contributed by atoms with Crippen LogP contribution in [0.2, 0.25) is 0 Å². The molecule has 2 heteroatoms. The van der Waals surface area contributed by atoms with Crippen molar-refractivity contribution >= 4 is 5.97 Å². The summed E-state index contributed by atoms with van der Waals surface area (Å²) in [5.41, 5.74) is 0. The van der Waals surface area contributed by atoms with Gasteiger partial charge in [0.25, 0.3) is 0 Å². The molecular formula is C13H26O2. The van der Waals surface area contributed by atoms with E-state index in [9.17, 15) is 4.79 Å². The molecule has 0 aromatic heterocycles. The molecule has 0 aliphatic rings. The summed E-state index contributed by atoms with van der Waals surface area (Å²) in [5.74, 6) is 0.801. The Balaban J connectivity index is 3.08. The van der Waals surface area contributed by atoms with Crippen molar-refractivity contribution in [1.29, 1.82) is 0 Å². The molecule has 2 nitrogen and oxygen atoms in total. The van der Waals surface area contributed by atoms with Gasteiger partial charge in [-0.2, -0.15) is 0 Å². The molecule has 0 radical (unpaired) electrons. The third-order valence-corrected chi connectivity index (χ3v) is 3.00. The molecule has 0 aromatic carbocycles. The van der Waals surface area contributed by atoms with Crippen molar-refractivity contribution in [2.75, 3.05) is 7.11 Å². The van der Waals surface area contributed by atoms with Crippen LogP contribution in [0.4, 0.5) is 0 Å². The van der Waals surface area contributed by atoms with E-state index >= 15 is 0 Å². The van der Waals surface area contributed by atoms with Gasteiger partial charge in [-0.1, -0.05) is 52.4 Å². The summed E-state index contributed by atoms with van der Waals surface area (Å²) < 4.78 is 4.58. The van der Waals surface area contributed by atoms with E-state index in [4.69, 9.17) is 0 Å². The Kier molecular flexibility index (Phi) is 9.65. The number of rotatable bonds is 9. The number of esters is 1. The molecule has 0 fully saturated rings. The highest BCUT2D eigenvalue weighted by Crippen LogP contribution is 2.14. The minimum Gasteiger partial charge on any atom is -0.469 e. The van der Waals surface area contributed by atoms with E-state index in [2.05, 4.69) is 18.6 Å². The molecule has 0 N–H and O–H groups in total. The average molecular weight is 214 g/mol. The monoisotopic (exact) mass is 214 g/mol. The second kappa shape index (κ2) is 10.0. The van der Waals surface area contributed by atoms with Gasteiger partial charge in [0.15, 0.2) is 0 Å². The molecule has 0 amide bonds. The second-order valence-electron chi connectivity index (χ2n) is 4.40. The van der Waals surface area contributed by atoms with Gasteiger partial charge in [-0.3, -0.25) is 4.79 Å².